The summed E-state index contributed by atoms with van der Waals surface area (Å²) in [5.41, 5.74) is 0.540. The predicted molar refractivity (Wildman–Crippen MR) is 63.0 cm³/mol. The lowest BCUT2D eigenvalue weighted by Gasteiger charge is -2.13. The summed E-state index contributed by atoms with van der Waals surface area (Å²) in [5, 5.41) is 30.4. The third kappa shape index (κ3) is 1.54. The minimum absolute atomic E-state index is 0.0400. The normalized spacial score (nSPS) is 11.2. The molecule has 0 unspecified atom stereocenters. The molecule has 0 heterocycles. The SMILES string of the molecule is CC(C)c1c(O)cc2cc(O)ccc2c1O. The molecule has 2 aromatic rings. The Balaban J connectivity index is 2.83. The summed E-state index contributed by atoms with van der Waals surface area (Å²) in [5.74, 6) is 0.303. The van der Waals surface area contributed by atoms with E-state index >= 15 is 0 Å². The minimum Gasteiger partial charge on any atom is -0.508 e. The van der Waals surface area contributed by atoms with Gasteiger partial charge in [-0.15, -0.1) is 0 Å². The highest BCUT2D eigenvalue weighted by atomic mass is 16.3. The van der Waals surface area contributed by atoms with Gasteiger partial charge in [-0.25, -0.2) is 0 Å². The van der Waals surface area contributed by atoms with Gasteiger partial charge < -0.3 is 15.3 Å². The number of benzene rings is 2. The van der Waals surface area contributed by atoms with Crippen LogP contribution in [0, 0.1) is 0 Å². The van der Waals surface area contributed by atoms with Gasteiger partial charge in [0, 0.05) is 10.9 Å². The first-order valence-electron chi connectivity index (χ1n) is 5.18. The molecule has 84 valence electrons. The third-order valence-electron chi connectivity index (χ3n) is 2.69. The Bertz CT molecular complexity index is 544. The van der Waals surface area contributed by atoms with Crippen LogP contribution in [0.1, 0.15) is 25.3 Å². The van der Waals surface area contributed by atoms with Crippen LogP contribution in [0.15, 0.2) is 24.3 Å². The van der Waals surface area contributed by atoms with Gasteiger partial charge in [0.1, 0.15) is 17.2 Å². The summed E-state index contributed by atoms with van der Waals surface area (Å²) in [6.07, 6.45) is 0. The predicted octanol–water partition coefficient (Wildman–Crippen LogP) is 3.08. The van der Waals surface area contributed by atoms with Gasteiger partial charge in [0.15, 0.2) is 0 Å². The average molecular weight is 218 g/mol. The lowest BCUT2D eigenvalue weighted by Crippen LogP contribution is -1.90. The van der Waals surface area contributed by atoms with E-state index in [1.807, 2.05) is 13.8 Å². The number of phenolic OH excluding ortho intramolecular Hbond substituents is 3. The quantitative estimate of drug-likeness (QED) is 0.689. The van der Waals surface area contributed by atoms with Gasteiger partial charge in [-0.1, -0.05) is 13.8 Å². The Morgan fingerprint density at radius 3 is 2.31 bits per heavy atom. The van der Waals surface area contributed by atoms with Crippen LogP contribution in [0.5, 0.6) is 17.2 Å². The van der Waals surface area contributed by atoms with Crippen LogP contribution < -0.4 is 0 Å². The molecule has 0 bridgehead atoms. The molecule has 2 aromatic carbocycles. The fourth-order valence-electron chi connectivity index (χ4n) is 1.95. The monoisotopic (exact) mass is 218 g/mol. The largest absolute Gasteiger partial charge is 0.508 e. The van der Waals surface area contributed by atoms with Crippen molar-refractivity contribution in [3.63, 3.8) is 0 Å². The minimum atomic E-state index is 0.0400. The molecule has 3 heteroatoms. The van der Waals surface area contributed by atoms with E-state index in [9.17, 15) is 15.3 Å². The van der Waals surface area contributed by atoms with Crippen LogP contribution >= 0.6 is 0 Å². The van der Waals surface area contributed by atoms with Crippen LogP contribution in [0.3, 0.4) is 0 Å². The van der Waals surface area contributed by atoms with Crippen molar-refractivity contribution in [3.05, 3.63) is 29.8 Å². The van der Waals surface area contributed by atoms with E-state index in [1.165, 1.54) is 12.1 Å². The third-order valence-corrected chi connectivity index (χ3v) is 2.69. The number of hydrogen-bond donors (Lipinski definition) is 3. The molecule has 0 atom stereocenters. The second kappa shape index (κ2) is 3.59. The van der Waals surface area contributed by atoms with Crippen molar-refractivity contribution in [1.82, 2.24) is 0 Å². The van der Waals surface area contributed by atoms with Crippen LogP contribution in [0.4, 0.5) is 0 Å². The highest BCUT2D eigenvalue weighted by molar-refractivity contribution is 5.92. The highest BCUT2D eigenvalue weighted by Gasteiger charge is 2.15. The van der Waals surface area contributed by atoms with Gasteiger partial charge in [-0.3, -0.25) is 0 Å². The first-order chi connectivity index (χ1) is 7.50. The second-order valence-corrected chi connectivity index (χ2v) is 4.22. The molecule has 0 fully saturated rings. The molecule has 2 rings (SSSR count). The van der Waals surface area contributed by atoms with E-state index in [-0.39, 0.29) is 23.2 Å². The summed E-state index contributed by atoms with van der Waals surface area (Å²) < 4.78 is 0. The maximum Gasteiger partial charge on any atom is 0.130 e. The average Bonchev–Trinajstić information content (AvgIpc) is 2.15. The van der Waals surface area contributed by atoms with Crippen molar-refractivity contribution in [2.24, 2.45) is 0 Å². The van der Waals surface area contributed by atoms with Gasteiger partial charge >= 0.3 is 0 Å². The van der Waals surface area contributed by atoms with E-state index in [1.54, 1.807) is 12.1 Å². The number of hydrogen-bond acceptors (Lipinski definition) is 3. The summed E-state index contributed by atoms with van der Waals surface area (Å²) in [6, 6.07) is 6.23. The molecular formula is C13H14O3. The van der Waals surface area contributed by atoms with Gasteiger partial charge in [0.2, 0.25) is 0 Å². The smallest absolute Gasteiger partial charge is 0.130 e. The van der Waals surface area contributed by atoms with Crippen molar-refractivity contribution >= 4 is 10.8 Å². The summed E-state index contributed by atoms with van der Waals surface area (Å²) in [7, 11) is 0. The lowest BCUT2D eigenvalue weighted by molar-refractivity contribution is 0.438. The van der Waals surface area contributed by atoms with Crippen LogP contribution in [-0.4, -0.2) is 15.3 Å². The second-order valence-electron chi connectivity index (χ2n) is 4.22. The lowest BCUT2D eigenvalue weighted by atomic mass is 9.96. The van der Waals surface area contributed by atoms with E-state index in [4.69, 9.17) is 0 Å². The zero-order chi connectivity index (χ0) is 11.9. The number of aromatic hydroxyl groups is 3. The van der Waals surface area contributed by atoms with Crippen molar-refractivity contribution < 1.29 is 15.3 Å². The van der Waals surface area contributed by atoms with Crippen LogP contribution in [0.2, 0.25) is 0 Å². The van der Waals surface area contributed by atoms with Crippen molar-refractivity contribution in [2.45, 2.75) is 19.8 Å². The molecule has 0 aromatic heterocycles. The Morgan fingerprint density at radius 1 is 1.00 bits per heavy atom. The molecule has 0 aliphatic rings. The zero-order valence-electron chi connectivity index (χ0n) is 9.23. The Labute approximate surface area is 93.6 Å². The number of fused-ring (bicyclic) bond motifs is 1. The zero-order valence-corrected chi connectivity index (χ0v) is 9.23. The molecule has 0 radical (unpaired) electrons. The fraction of sp³-hybridized carbons (Fsp3) is 0.231. The van der Waals surface area contributed by atoms with E-state index in [0.29, 0.717) is 16.3 Å². The molecule has 0 spiro atoms. The Hall–Kier alpha value is -1.90. The van der Waals surface area contributed by atoms with E-state index < -0.39 is 0 Å². The molecule has 0 saturated carbocycles. The summed E-state index contributed by atoms with van der Waals surface area (Å²) in [4.78, 5) is 0. The topological polar surface area (TPSA) is 60.7 Å². The molecular weight excluding hydrogens is 204 g/mol. The standard InChI is InChI=1S/C13H14O3/c1-7(2)12-11(15)6-8-5-9(14)3-4-10(8)13(12)16/h3-7,14-16H,1-2H3. The molecule has 3 N–H and O–H groups in total. The van der Waals surface area contributed by atoms with Gasteiger partial charge in [0.05, 0.1) is 0 Å². The Morgan fingerprint density at radius 2 is 1.69 bits per heavy atom. The van der Waals surface area contributed by atoms with Crippen molar-refractivity contribution in [3.8, 4) is 17.2 Å². The summed E-state index contributed by atoms with van der Waals surface area (Å²) >= 11 is 0. The van der Waals surface area contributed by atoms with Crippen LogP contribution in [-0.2, 0) is 0 Å². The highest BCUT2D eigenvalue weighted by Crippen LogP contribution is 2.40. The van der Waals surface area contributed by atoms with Crippen molar-refractivity contribution in [1.29, 1.82) is 0 Å². The first-order valence-corrected chi connectivity index (χ1v) is 5.18. The van der Waals surface area contributed by atoms with Crippen molar-refractivity contribution in [2.75, 3.05) is 0 Å². The van der Waals surface area contributed by atoms with Gasteiger partial charge in [0.25, 0.3) is 0 Å². The maximum atomic E-state index is 10.0. The van der Waals surface area contributed by atoms with Crippen LogP contribution in [0.25, 0.3) is 10.8 Å². The number of rotatable bonds is 1. The molecule has 0 aliphatic carbocycles. The maximum absolute atomic E-state index is 10.0. The molecule has 16 heavy (non-hydrogen) atoms. The Kier molecular flexibility index (Phi) is 2.38. The molecule has 3 nitrogen and oxygen atoms in total. The van der Waals surface area contributed by atoms with E-state index in [2.05, 4.69) is 0 Å². The molecule has 0 aliphatic heterocycles. The number of phenols is 3. The van der Waals surface area contributed by atoms with Gasteiger partial charge in [-0.2, -0.15) is 0 Å². The van der Waals surface area contributed by atoms with Gasteiger partial charge in [-0.05, 0) is 35.6 Å². The molecule has 0 amide bonds. The molecule has 0 saturated heterocycles. The van der Waals surface area contributed by atoms with E-state index in [0.717, 1.165) is 0 Å². The fourth-order valence-corrected chi connectivity index (χ4v) is 1.95. The summed E-state index contributed by atoms with van der Waals surface area (Å²) in [6.45, 7) is 3.81. The first kappa shape index (κ1) is 10.6.